The molecular formula is C13H21NO3. The lowest BCUT2D eigenvalue weighted by Gasteiger charge is -2.20. The quantitative estimate of drug-likeness (QED) is 0.566. The van der Waals surface area contributed by atoms with Crippen LogP contribution in [0.3, 0.4) is 0 Å². The molecule has 2 atom stereocenters. The lowest BCUT2D eigenvalue weighted by molar-refractivity contribution is -0.147. The minimum Gasteiger partial charge on any atom is -0.467 e. The third kappa shape index (κ3) is 2.51. The molecule has 0 spiro atoms. The fraction of sp³-hybridized carbons (Fsp3) is 0.692. The Kier molecular flexibility index (Phi) is 4.32. The number of ether oxygens (including phenoxy) is 1. The van der Waals surface area contributed by atoms with Gasteiger partial charge in [0, 0.05) is 11.8 Å². The van der Waals surface area contributed by atoms with Crippen LogP contribution >= 0.6 is 0 Å². The first-order chi connectivity index (χ1) is 8.05. The second-order valence-corrected chi connectivity index (χ2v) is 4.51. The van der Waals surface area contributed by atoms with Crippen molar-refractivity contribution in [2.75, 3.05) is 7.11 Å². The Balaban J connectivity index is 2.73. The Labute approximate surface area is 102 Å². The van der Waals surface area contributed by atoms with E-state index >= 15 is 0 Å². The monoisotopic (exact) mass is 239 g/mol. The summed E-state index contributed by atoms with van der Waals surface area (Å²) in [6, 6.07) is 0. The number of carbonyl (C=O) groups excluding carboxylic acids is 2. The van der Waals surface area contributed by atoms with Crippen LogP contribution in [0, 0.1) is 11.8 Å². The molecule has 0 radical (unpaired) electrons. The summed E-state index contributed by atoms with van der Waals surface area (Å²) in [5.74, 6) is -0.484. The average Bonchev–Trinajstić information content (AvgIpc) is 3.04. The number of esters is 1. The van der Waals surface area contributed by atoms with Crippen LogP contribution < -0.4 is 5.32 Å². The lowest BCUT2D eigenvalue weighted by Crippen LogP contribution is -2.47. The molecule has 0 heterocycles. The molecule has 1 aliphatic carbocycles. The maximum atomic E-state index is 12.0. The summed E-state index contributed by atoms with van der Waals surface area (Å²) in [5, 5.41) is 2.84. The zero-order valence-corrected chi connectivity index (χ0v) is 10.8. The van der Waals surface area contributed by atoms with Crippen molar-refractivity contribution in [3.63, 3.8) is 0 Å². The van der Waals surface area contributed by atoms with E-state index in [1.165, 1.54) is 7.11 Å². The molecule has 0 aliphatic heterocycles. The van der Waals surface area contributed by atoms with Crippen molar-refractivity contribution in [3.8, 4) is 0 Å². The van der Waals surface area contributed by atoms with E-state index in [4.69, 9.17) is 4.74 Å². The highest BCUT2D eigenvalue weighted by molar-refractivity contribution is 5.92. The zero-order valence-electron chi connectivity index (χ0n) is 10.8. The Morgan fingerprint density at radius 2 is 2.12 bits per heavy atom. The highest BCUT2D eigenvalue weighted by Gasteiger charge is 2.61. The molecule has 0 aromatic carbocycles. The van der Waals surface area contributed by atoms with Crippen molar-refractivity contribution < 1.29 is 14.3 Å². The number of nitrogens with one attached hydrogen (secondary N) is 1. The summed E-state index contributed by atoms with van der Waals surface area (Å²) in [5.41, 5.74) is -0.851. The van der Waals surface area contributed by atoms with Gasteiger partial charge in [0.05, 0.1) is 7.11 Å². The molecule has 4 nitrogen and oxygen atoms in total. The van der Waals surface area contributed by atoms with Gasteiger partial charge in [0.25, 0.3) is 0 Å². The summed E-state index contributed by atoms with van der Waals surface area (Å²) in [4.78, 5) is 23.7. The SMILES string of the molecule is C=CC1CC1(NC(=O)C(CC)CC)C(=O)OC. The summed E-state index contributed by atoms with van der Waals surface area (Å²) >= 11 is 0. The second-order valence-electron chi connectivity index (χ2n) is 4.51. The van der Waals surface area contributed by atoms with E-state index in [2.05, 4.69) is 11.9 Å². The predicted molar refractivity (Wildman–Crippen MR) is 65.3 cm³/mol. The number of carbonyl (C=O) groups is 2. The largest absolute Gasteiger partial charge is 0.467 e. The van der Waals surface area contributed by atoms with Crippen LogP contribution in [-0.4, -0.2) is 24.5 Å². The van der Waals surface area contributed by atoms with E-state index < -0.39 is 5.54 Å². The first-order valence-electron chi connectivity index (χ1n) is 6.08. The van der Waals surface area contributed by atoms with Crippen molar-refractivity contribution in [1.29, 1.82) is 0 Å². The van der Waals surface area contributed by atoms with Crippen LogP contribution in [0.4, 0.5) is 0 Å². The van der Waals surface area contributed by atoms with Gasteiger partial charge in [0.15, 0.2) is 0 Å². The fourth-order valence-corrected chi connectivity index (χ4v) is 2.17. The third-order valence-corrected chi connectivity index (χ3v) is 3.55. The minimum atomic E-state index is -0.851. The molecule has 1 N–H and O–H groups in total. The number of hydrogen-bond donors (Lipinski definition) is 1. The third-order valence-electron chi connectivity index (χ3n) is 3.55. The predicted octanol–water partition coefficient (Wildman–Crippen LogP) is 1.66. The van der Waals surface area contributed by atoms with Crippen LogP contribution in [-0.2, 0) is 14.3 Å². The molecule has 0 aromatic heterocycles. The molecule has 1 saturated carbocycles. The highest BCUT2D eigenvalue weighted by atomic mass is 16.5. The molecule has 0 bridgehead atoms. The fourth-order valence-electron chi connectivity index (χ4n) is 2.17. The van der Waals surface area contributed by atoms with E-state index in [0.29, 0.717) is 6.42 Å². The molecule has 1 amide bonds. The molecule has 1 rings (SSSR count). The van der Waals surface area contributed by atoms with E-state index in [1.807, 2.05) is 13.8 Å². The van der Waals surface area contributed by atoms with E-state index in [-0.39, 0.29) is 23.7 Å². The zero-order chi connectivity index (χ0) is 13.1. The minimum absolute atomic E-state index is 0.00624. The second kappa shape index (κ2) is 5.34. The molecular weight excluding hydrogens is 218 g/mol. The maximum absolute atomic E-state index is 12.0. The average molecular weight is 239 g/mol. The van der Waals surface area contributed by atoms with Gasteiger partial charge in [-0.3, -0.25) is 4.79 Å². The number of amides is 1. The van der Waals surface area contributed by atoms with Crippen LogP contribution in [0.25, 0.3) is 0 Å². The summed E-state index contributed by atoms with van der Waals surface area (Å²) in [6.45, 7) is 7.61. The van der Waals surface area contributed by atoms with Gasteiger partial charge in [-0.15, -0.1) is 6.58 Å². The Bertz CT molecular complexity index is 323. The van der Waals surface area contributed by atoms with Gasteiger partial charge in [0.2, 0.25) is 5.91 Å². The Morgan fingerprint density at radius 3 is 2.47 bits per heavy atom. The molecule has 0 saturated heterocycles. The van der Waals surface area contributed by atoms with Crippen LogP contribution in [0.15, 0.2) is 12.7 Å². The maximum Gasteiger partial charge on any atom is 0.332 e. The Morgan fingerprint density at radius 1 is 1.53 bits per heavy atom. The number of hydrogen-bond acceptors (Lipinski definition) is 3. The summed E-state index contributed by atoms with van der Waals surface area (Å²) in [7, 11) is 1.34. The highest BCUT2D eigenvalue weighted by Crippen LogP contribution is 2.45. The first kappa shape index (κ1) is 13.7. The van der Waals surface area contributed by atoms with Gasteiger partial charge in [-0.05, 0) is 19.3 Å². The molecule has 2 unspecified atom stereocenters. The van der Waals surface area contributed by atoms with Crippen LogP contribution in [0.1, 0.15) is 33.1 Å². The normalized spacial score (nSPS) is 26.5. The molecule has 17 heavy (non-hydrogen) atoms. The van der Waals surface area contributed by atoms with Gasteiger partial charge in [-0.25, -0.2) is 4.79 Å². The van der Waals surface area contributed by atoms with Crippen molar-refractivity contribution in [2.24, 2.45) is 11.8 Å². The summed E-state index contributed by atoms with van der Waals surface area (Å²) < 4.78 is 4.76. The van der Waals surface area contributed by atoms with Crippen molar-refractivity contribution in [2.45, 2.75) is 38.6 Å². The number of rotatable bonds is 6. The van der Waals surface area contributed by atoms with E-state index in [1.54, 1.807) is 6.08 Å². The van der Waals surface area contributed by atoms with Gasteiger partial charge >= 0.3 is 5.97 Å². The molecule has 4 heteroatoms. The topological polar surface area (TPSA) is 55.4 Å². The first-order valence-corrected chi connectivity index (χ1v) is 6.08. The molecule has 96 valence electrons. The van der Waals surface area contributed by atoms with Crippen molar-refractivity contribution >= 4 is 11.9 Å². The van der Waals surface area contributed by atoms with Crippen LogP contribution in [0.2, 0.25) is 0 Å². The molecule has 0 aromatic rings. The summed E-state index contributed by atoms with van der Waals surface area (Å²) in [6.07, 6.45) is 3.84. The van der Waals surface area contributed by atoms with Gasteiger partial charge in [0.1, 0.15) is 5.54 Å². The smallest absolute Gasteiger partial charge is 0.332 e. The van der Waals surface area contributed by atoms with Gasteiger partial charge in [-0.2, -0.15) is 0 Å². The molecule has 1 aliphatic rings. The van der Waals surface area contributed by atoms with Gasteiger partial charge in [-0.1, -0.05) is 19.9 Å². The van der Waals surface area contributed by atoms with Crippen molar-refractivity contribution in [3.05, 3.63) is 12.7 Å². The number of methoxy groups -OCH3 is 1. The van der Waals surface area contributed by atoms with Crippen molar-refractivity contribution in [1.82, 2.24) is 5.32 Å². The van der Waals surface area contributed by atoms with Gasteiger partial charge < -0.3 is 10.1 Å². The van der Waals surface area contributed by atoms with E-state index in [9.17, 15) is 9.59 Å². The molecule has 1 fully saturated rings. The Hall–Kier alpha value is -1.32. The van der Waals surface area contributed by atoms with Crippen LogP contribution in [0.5, 0.6) is 0 Å². The van der Waals surface area contributed by atoms with E-state index in [0.717, 1.165) is 12.8 Å². The lowest BCUT2D eigenvalue weighted by atomic mass is 10.0. The standard InChI is InChI=1S/C13H21NO3/c1-5-9(6-2)11(15)14-13(12(16)17-4)8-10(13)7-3/h7,9-10H,3,5-6,8H2,1-2,4H3,(H,14,15).